The summed E-state index contributed by atoms with van der Waals surface area (Å²) in [5.41, 5.74) is 3.09. The molecule has 4 heterocycles. The number of nitrogens with zero attached hydrogens (tertiary/aromatic N) is 5. The molecule has 8 nitrogen and oxygen atoms in total. The summed E-state index contributed by atoms with van der Waals surface area (Å²) in [6.07, 6.45) is 3.37. The smallest absolute Gasteiger partial charge is 0.410 e. The molecule has 8 heteroatoms. The molecule has 0 spiro atoms. The molecule has 35 heavy (non-hydrogen) atoms. The maximum Gasteiger partial charge on any atom is 0.410 e. The Balaban J connectivity index is 1.06. The van der Waals surface area contributed by atoms with E-state index >= 15 is 0 Å². The molecule has 3 aliphatic rings. The van der Waals surface area contributed by atoms with E-state index in [0.717, 1.165) is 49.3 Å². The average Bonchev–Trinajstić information content (AvgIpc) is 2.89. The van der Waals surface area contributed by atoms with Crippen molar-refractivity contribution < 1.29 is 14.3 Å². The van der Waals surface area contributed by atoms with Gasteiger partial charge in [-0.15, -0.1) is 0 Å². The molecule has 2 unspecified atom stereocenters. The van der Waals surface area contributed by atoms with E-state index in [1.54, 1.807) is 0 Å². The Kier molecular flexibility index (Phi) is 6.22. The third-order valence-corrected chi connectivity index (χ3v) is 7.28. The number of piperidine rings is 1. The van der Waals surface area contributed by atoms with Gasteiger partial charge in [-0.25, -0.2) is 9.78 Å². The zero-order chi connectivity index (χ0) is 23.6. The van der Waals surface area contributed by atoms with Gasteiger partial charge in [0.05, 0.1) is 42.5 Å². The Morgan fingerprint density at radius 2 is 1.63 bits per heavy atom. The second-order valence-electron chi connectivity index (χ2n) is 9.72. The second kappa shape index (κ2) is 9.79. The number of aromatic nitrogens is 2. The number of likely N-dealkylation sites (tertiary alicyclic amines) is 1. The Labute approximate surface area is 205 Å². The van der Waals surface area contributed by atoms with E-state index in [0.29, 0.717) is 26.3 Å². The number of hydrogen-bond acceptors (Lipinski definition) is 7. The molecule has 0 radical (unpaired) electrons. The first-order chi connectivity index (χ1) is 17.2. The number of benzene rings is 2. The number of fused-ring (bicyclic) bond motifs is 3. The SMILES string of the molecule is O=C(OC1CCN(Cc2ccccc2)CC1)N1CC2COCC(C1)N2c1cnc2ccccc2n1. The molecule has 3 aromatic rings. The van der Waals surface area contributed by atoms with Gasteiger partial charge in [0.2, 0.25) is 0 Å². The van der Waals surface area contributed by atoms with Gasteiger partial charge in [0.1, 0.15) is 11.9 Å². The van der Waals surface area contributed by atoms with E-state index in [2.05, 4.69) is 39.0 Å². The number of carbonyl (C=O) groups is 1. The van der Waals surface area contributed by atoms with Gasteiger partial charge in [0, 0.05) is 32.7 Å². The quantitative estimate of drug-likeness (QED) is 0.576. The number of morpholine rings is 1. The van der Waals surface area contributed by atoms with Gasteiger partial charge in [-0.2, -0.15) is 0 Å². The van der Waals surface area contributed by atoms with Crippen LogP contribution in [0.5, 0.6) is 0 Å². The van der Waals surface area contributed by atoms with Crippen LogP contribution in [0.1, 0.15) is 18.4 Å². The van der Waals surface area contributed by atoms with Gasteiger partial charge in [-0.3, -0.25) is 9.88 Å². The lowest BCUT2D eigenvalue weighted by Gasteiger charge is -2.49. The van der Waals surface area contributed by atoms with Crippen LogP contribution >= 0.6 is 0 Å². The summed E-state index contributed by atoms with van der Waals surface area (Å²) in [6.45, 7) is 5.10. The van der Waals surface area contributed by atoms with E-state index in [1.807, 2.05) is 41.4 Å². The fourth-order valence-corrected chi connectivity index (χ4v) is 5.50. The van der Waals surface area contributed by atoms with Crippen LogP contribution < -0.4 is 4.90 Å². The molecule has 3 saturated heterocycles. The zero-order valence-electron chi connectivity index (χ0n) is 19.8. The first-order valence-corrected chi connectivity index (χ1v) is 12.5. The highest BCUT2D eigenvalue weighted by Crippen LogP contribution is 2.28. The molecule has 0 N–H and O–H groups in total. The molecular formula is C27H31N5O3. The van der Waals surface area contributed by atoms with Crippen LogP contribution in [0.3, 0.4) is 0 Å². The number of rotatable bonds is 4. The van der Waals surface area contributed by atoms with Crippen LogP contribution in [0.2, 0.25) is 0 Å². The molecular weight excluding hydrogens is 442 g/mol. The highest BCUT2D eigenvalue weighted by molar-refractivity contribution is 5.75. The first kappa shape index (κ1) is 22.2. The number of ether oxygens (including phenoxy) is 2. The zero-order valence-corrected chi connectivity index (χ0v) is 19.8. The van der Waals surface area contributed by atoms with E-state index in [-0.39, 0.29) is 24.3 Å². The molecule has 1 aromatic heterocycles. The Morgan fingerprint density at radius 3 is 2.37 bits per heavy atom. The summed E-state index contributed by atoms with van der Waals surface area (Å²) >= 11 is 0. The van der Waals surface area contributed by atoms with Crippen LogP contribution in [-0.4, -0.2) is 83.4 Å². The molecule has 2 bridgehead atoms. The van der Waals surface area contributed by atoms with Crippen molar-refractivity contribution in [3.8, 4) is 0 Å². The van der Waals surface area contributed by atoms with Gasteiger partial charge >= 0.3 is 6.09 Å². The lowest BCUT2D eigenvalue weighted by atomic mass is 10.0. The van der Waals surface area contributed by atoms with Crippen LogP contribution in [-0.2, 0) is 16.0 Å². The van der Waals surface area contributed by atoms with E-state index in [4.69, 9.17) is 14.5 Å². The van der Waals surface area contributed by atoms with Crippen molar-refractivity contribution >= 4 is 22.9 Å². The second-order valence-corrected chi connectivity index (χ2v) is 9.72. The minimum atomic E-state index is -0.201. The summed E-state index contributed by atoms with van der Waals surface area (Å²) in [6, 6.07) is 18.5. The maximum atomic E-state index is 13.1. The summed E-state index contributed by atoms with van der Waals surface area (Å²) < 4.78 is 11.8. The summed E-state index contributed by atoms with van der Waals surface area (Å²) in [7, 11) is 0. The topological polar surface area (TPSA) is 71.0 Å². The van der Waals surface area contributed by atoms with Crippen LogP contribution in [0, 0.1) is 0 Å². The third-order valence-electron chi connectivity index (χ3n) is 7.28. The molecule has 182 valence electrons. The third kappa shape index (κ3) is 4.81. The molecule has 2 aromatic carbocycles. The Morgan fingerprint density at radius 1 is 0.943 bits per heavy atom. The number of amides is 1. The van der Waals surface area contributed by atoms with Crippen LogP contribution in [0.15, 0.2) is 60.8 Å². The van der Waals surface area contributed by atoms with Crippen molar-refractivity contribution in [2.24, 2.45) is 0 Å². The van der Waals surface area contributed by atoms with Gasteiger partial charge in [0.15, 0.2) is 0 Å². The lowest BCUT2D eigenvalue weighted by Crippen LogP contribution is -2.66. The van der Waals surface area contributed by atoms with Gasteiger partial charge in [0.25, 0.3) is 0 Å². The van der Waals surface area contributed by atoms with Gasteiger partial charge in [-0.05, 0) is 30.5 Å². The highest BCUT2D eigenvalue weighted by Gasteiger charge is 2.41. The monoisotopic (exact) mass is 473 g/mol. The molecule has 3 fully saturated rings. The fourth-order valence-electron chi connectivity index (χ4n) is 5.50. The van der Waals surface area contributed by atoms with Crippen molar-refractivity contribution in [2.45, 2.75) is 37.6 Å². The Bertz CT molecular complexity index is 1150. The minimum absolute atomic E-state index is 0.0185. The largest absolute Gasteiger partial charge is 0.446 e. The van der Waals surface area contributed by atoms with E-state index in [9.17, 15) is 4.79 Å². The predicted molar refractivity (Wildman–Crippen MR) is 133 cm³/mol. The van der Waals surface area contributed by atoms with Crippen LogP contribution in [0.4, 0.5) is 10.6 Å². The number of anilines is 1. The van der Waals surface area contributed by atoms with Crippen molar-refractivity contribution in [2.75, 3.05) is 44.3 Å². The number of hydrogen-bond donors (Lipinski definition) is 0. The van der Waals surface area contributed by atoms with Gasteiger partial charge in [-0.1, -0.05) is 42.5 Å². The average molecular weight is 474 g/mol. The standard InChI is InChI=1S/C27H31N5O3/c33-27(35-23-10-12-30(13-11-23)15-20-6-2-1-3-7-20)31-16-21-18-34-19-22(17-31)32(21)26-14-28-24-8-4-5-9-25(24)29-26/h1-9,14,21-23H,10-13,15-19H2. The minimum Gasteiger partial charge on any atom is -0.446 e. The number of carbonyl (C=O) groups excluding carboxylic acids is 1. The maximum absolute atomic E-state index is 13.1. The molecule has 0 saturated carbocycles. The summed E-state index contributed by atoms with van der Waals surface area (Å²) in [5.74, 6) is 0.848. The van der Waals surface area contributed by atoms with Crippen LogP contribution in [0.25, 0.3) is 11.0 Å². The van der Waals surface area contributed by atoms with Crippen molar-refractivity contribution in [1.82, 2.24) is 19.8 Å². The molecule has 6 rings (SSSR count). The van der Waals surface area contributed by atoms with Crippen molar-refractivity contribution in [3.05, 3.63) is 66.4 Å². The Hall–Kier alpha value is -3.23. The first-order valence-electron chi connectivity index (χ1n) is 12.5. The molecule has 2 atom stereocenters. The summed E-state index contributed by atoms with van der Waals surface area (Å²) in [4.78, 5) is 29.1. The predicted octanol–water partition coefficient (Wildman–Crippen LogP) is 3.32. The highest BCUT2D eigenvalue weighted by atomic mass is 16.6. The fraction of sp³-hybridized carbons (Fsp3) is 0.444. The number of para-hydroxylation sites is 2. The van der Waals surface area contributed by atoms with Crippen molar-refractivity contribution in [3.63, 3.8) is 0 Å². The molecule has 3 aliphatic heterocycles. The van der Waals surface area contributed by atoms with Crippen molar-refractivity contribution in [1.29, 1.82) is 0 Å². The molecule has 0 aliphatic carbocycles. The van der Waals surface area contributed by atoms with E-state index < -0.39 is 0 Å². The van der Waals surface area contributed by atoms with E-state index in [1.165, 1.54) is 5.56 Å². The lowest BCUT2D eigenvalue weighted by molar-refractivity contribution is -0.00705. The molecule has 1 amide bonds. The van der Waals surface area contributed by atoms with Gasteiger partial charge < -0.3 is 19.3 Å². The normalized spacial score (nSPS) is 23.4. The summed E-state index contributed by atoms with van der Waals surface area (Å²) in [5, 5.41) is 0. The number of piperazine rings is 1.